The van der Waals surface area contributed by atoms with Gasteiger partial charge >= 0.3 is 0 Å². The van der Waals surface area contributed by atoms with E-state index in [1.54, 1.807) is 34.1 Å². The third-order valence-corrected chi connectivity index (χ3v) is 5.01. The number of hydrogen-bond acceptors (Lipinski definition) is 3. The number of hydrogen-bond donors (Lipinski definition) is 0. The average Bonchev–Trinajstić information content (AvgIpc) is 2.67. The molecule has 1 fully saturated rings. The van der Waals surface area contributed by atoms with E-state index in [1.165, 1.54) is 12.1 Å². The maximum absolute atomic E-state index is 13.2. The fourth-order valence-corrected chi connectivity index (χ4v) is 3.39. The average molecular weight is 425 g/mol. The molecule has 0 saturated carbocycles. The van der Waals surface area contributed by atoms with Crippen LogP contribution in [0.2, 0.25) is 10.0 Å². The van der Waals surface area contributed by atoms with E-state index >= 15 is 0 Å². The summed E-state index contributed by atoms with van der Waals surface area (Å²) >= 11 is 11.9. The Morgan fingerprint density at radius 2 is 1.71 bits per heavy atom. The molecule has 0 N–H and O–H groups in total. The number of halogens is 3. The third-order valence-electron chi connectivity index (χ3n) is 4.46. The summed E-state index contributed by atoms with van der Waals surface area (Å²) < 4.78 is 18.7. The Morgan fingerprint density at radius 1 is 1.00 bits per heavy atom. The molecule has 2 aromatic carbocycles. The van der Waals surface area contributed by atoms with Crippen molar-refractivity contribution in [1.82, 2.24) is 9.80 Å². The van der Waals surface area contributed by atoms with Gasteiger partial charge in [0, 0.05) is 31.2 Å². The van der Waals surface area contributed by atoms with Gasteiger partial charge in [0.15, 0.2) is 0 Å². The maximum Gasteiger partial charge on any atom is 0.255 e. The first-order valence-corrected chi connectivity index (χ1v) is 9.60. The van der Waals surface area contributed by atoms with Crippen LogP contribution in [0.1, 0.15) is 16.8 Å². The topological polar surface area (TPSA) is 49.9 Å². The number of amides is 2. The molecule has 1 saturated heterocycles. The smallest absolute Gasteiger partial charge is 0.255 e. The van der Waals surface area contributed by atoms with E-state index in [0.29, 0.717) is 37.0 Å². The predicted octanol–water partition coefficient (Wildman–Crippen LogP) is 3.89. The van der Waals surface area contributed by atoms with Crippen molar-refractivity contribution in [2.24, 2.45) is 0 Å². The molecule has 8 heteroatoms. The summed E-state index contributed by atoms with van der Waals surface area (Å²) in [5.41, 5.74) is 0.262. The lowest BCUT2D eigenvalue weighted by Gasteiger charge is -2.35. The van der Waals surface area contributed by atoms with Crippen molar-refractivity contribution in [3.63, 3.8) is 0 Å². The van der Waals surface area contributed by atoms with Gasteiger partial charge in [-0.05, 0) is 36.4 Å². The largest absolute Gasteiger partial charge is 0.493 e. The highest BCUT2D eigenvalue weighted by atomic mass is 35.5. The van der Waals surface area contributed by atoms with E-state index in [0.717, 1.165) is 6.07 Å². The maximum atomic E-state index is 13.2. The summed E-state index contributed by atoms with van der Waals surface area (Å²) in [6.07, 6.45) is 0.240. The summed E-state index contributed by atoms with van der Waals surface area (Å²) in [6, 6.07) is 10.7. The van der Waals surface area contributed by atoms with Crippen LogP contribution < -0.4 is 4.74 Å². The van der Waals surface area contributed by atoms with Crippen LogP contribution in [0.15, 0.2) is 42.5 Å². The second-order valence-electron chi connectivity index (χ2n) is 6.35. The Labute approximate surface area is 172 Å². The fourth-order valence-electron chi connectivity index (χ4n) is 2.96. The quantitative estimate of drug-likeness (QED) is 0.731. The van der Waals surface area contributed by atoms with Crippen LogP contribution in [0.25, 0.3) is 0 Å². The third kappa shape index (κ3) is 5.14. The summed E-state index contributed by atoms with van der Waals surface area (Å²) in [5.74, 6) is -0.167. The van der Waals surface area contributed by atoms with Crippen molar-refractivity contribution in [1.29, 1.82) is 0 Å². The molecule has 0 aliphatic carbocycles. The second kappa shape index (κ2) is 9.26. The molecule has 3 rings (SSSR count). The zero-order valence-corrected chi connectivity index (χ0v) is 16.5. The lowest BCUT2D eigenvalue weighted by molar-refractivity contribution is -0.133. The van der Waals surface area contributed by atoms with Crippen molar-refractivity contribution < 1.29 is 18.7 Å². The number of benzene rings is 2. The van der Waals surface area contributed by atoms with E-state index in [9.17, 15) is 14.0 Å². The van der Waals surface area contributed by atoms with Crippen molar-refractivity contribution in [2.45, 2.75) is 6.42 Å². The first kappa shape index (κ1) is 20.4. The molecule has 0 atom stereocenters. The molecular formula is C20H19Cl2FN2O3. The standard InChI is InChI=1S/C20H19Cl2FN2O3/c21-14-2-1-3-16(12-14)28-11-6-19(26)24-7-9-25(10-8-24)20(27)17-5-4-15(23)13-18(17)22/h1-5,12-13H,6-11H2. The van der Waals surface area contributed by atoms with Crippen LogP contribution in [0.5, 0.6) is 5.75 Å². The summed E-state index contributed by atoms with van der Waals surface area (Å²) in [4.78, 5) is 28.2. The lowest BCUT2D eigenvalue weighted by atomic mass is 10.1. The molecule has 1 aliphatic rings. The Balaban J connectivity index is 1.46. The highest BCUT2D eigenvalue weighted by molar-refractivity contribution is 6.33. The highest BCUT2D eigenvalue weighted by Gasteiger charge is 2.25. The van der Waals surface area contributed by atoms with Gasteiger partial charge < -0.3 is 14.5 Å². The van der Waals surface area contributed by atoms with Gasteiger partial charge in [0.05, 0.1) is 23.6 Å². The molecular weight excluding hydrogens is 406 g/mol. The molecule has 0 radical (unpaired) electrons. The number of carbonyl (C=O) groups is 2. The van der Waals surface area contributed by atoms with E-state index in [4.69, 9.17) is 27.9 Å². The Hall–Kier alpha value is -2.31. The van der Waals surface area contributed by atoms with Crippen molar-refractivity contribution in [2.75, 3.05) is 32.8 Å². The van der Waals surface area contributed by atoms with Gasteiger partial charge in [0.2, 0.25) is 5.91 Å². The molecule has 148 valence electrons. The zero-order valence-electron chi connectivity index (χ0n) is 15.0. The molecule has 0 unspecified atom stereocenters. The second-order valence-corrected chi connectivity index (χ2v) is 7.20. The predicted molar refractivity (Wildman–Crippen MR) is 105 cm³/mol. The van der Waals surface area contributed by atoms with E-state index in [-0.39, 0.29) is 35.4 Å². The minimum Gasteiger partial charge on any atom is -0.493 e. The Kier molecular flexibility index (Phi) is 6.75. The first-order valence-electron chi connectivity index (χ1n) is 8.84. The number of ether oxygens (including phenoxy) is 1. The number of carbonyl (C=O) groups excluding carboxylic acids is 2. The Morgan fingerprint density at radius 3 is 2.39 bits per heavy atom. The zero-order chi connectivity index (χ0) is 20.1. The van der Waals surface area contributed by atoms with Gasteiger partial charge in [0.1, 0.15) is 11.6 Å². The highest BCUT2D eigenvalue weighted by Crippen LogP contribution is 2.20. The van der Waals surface area contributed by atoms with Crippen LogP contribution in [0, 0.1) is 5.82 Å². The minimum atomic E-state index is -0.489. The molecule has 28 heavy (non-hydrogen) atoms. The first-order chi connectivity index (χ1) is 13.4. The molecule has 1 aliphatic heterocycles. The van der Waals surface area contributed by atoms with Crippen LogP contribution in [0.4, 0.5) is 4.39 Å². The van der Waals surface area contributed by atoms with Crippen LogP contribution in [-0.2, 0) is 4.79 Å². The molecule has 0 spiro atoms. The van der Waals surface area contributed by atoms with Gasteiger partial charge in [0.25, 0.3) is 5.91 Å². The van der Waals surface area contributed by atoms with Gasteiger partial charge in [-0.3, -0.25) is 9.59 Å². The van der Waals surface area contributed by atoms with Gasteiger partial charge in [-0.1, -0.05) is 29.3 Å². The van der Waals surface area contributed by atoms with Crippen molar-refractivity contribution >= 4 is 35.0 Å². The Bertz CT molecular complexity index is 870. The normalized spacial score (nSPS) is 14.1. The molecule has 2 amide bonds. The SMILES string of the molecule is O=C(CCOc1cccc(Cl)c1)N1CCN(C(=O)c2ccc(F)cc2Cl)CC1. The van der Waals surface area contributed by atoms with E-state index in [2.05, 4.69) is 0 Å². The van der Waals surface area contributed by atoms with Crippen molar-refractivity contribution in [3.8, 4) is 5.75 Å². The van der Waals surface area contributed by atoms with Gasteiger partial charge in [-0.15, -0.1) is 0 Å². The molecule has 1 heterocycles. The van der Waals surface area contributed by atoms with Crippen molar-refractivity contribution in [3.05, 3.63) is 63.9 Å². The molecule has 2 aromatic rings. The minimum absolute atomic E-state index is 0.0334. The summed E-state index contributed by atoms with van der Waals surface area (Å²) in [6.45, 7) is 1.91. The molecule has 0 bridgehead atoms. The van der Waals surface area contributed by atoms with Crippen LogP contribution in [0.3, 0.4) is 0 Å². The van der Waals surface area contributed by atoms with Crippen LogP contribution in [-0.4, -0.2) is 54.4 Å². The lowest BCUT2D eigenvalue weighted by Crippen LogP contribution is -2.50. The van der Waals surface area contributed by atoms with Gasteiger partial charge in [-0.25, -0.2) is 4.39 Å². The number of piperazine rings is 1. The summed E-state index contributed by atoms with van der Waals surface area (Å²) in [7, 11) is 0. The molecule has 0 aromatic heterocycles. The van der Waals surface area contributed by atoms with E-state index in [1.807, 2.05) is 0 Å². The van der Waals surface area contributed by atoms with Gasteiger partial charge in [-0.2, -0.15) is 0 Å². The summed E-state index contributed by atoms with van der Waals surface area (Å²) in [5, 5.41) is 0.660. The monoisotopic (exact) mass is 424 g/mol. The fraction of sp³-hybridized carbons (Fsp3) is 0.300. The molecule has 5 nitrogen and oxygen atoms in total. The van der Waals surface area contributed by atoms with Crippen LogP contribution >= 0.6 is 23.2 Å². The number of nitrogens with zero attached hydrogens (tertiary/aromatic N) is 2. The number of rotatable bonds is 5. The van der Waals surface area contributed by atoms with E-state index < -0.39 is 5.82 Å².